The molecule has 1 N–H and O–H groups in total. The third-order valence-corrected chi connectivity index (χ3v) is 4.16. The van der Waals surface area contributed by atoms with Gasteiger partial charge in [-0.1, -0.05) is 30.3 Å². The van der Waals surface area contributed by atoms with Crippen molar-refractivity contribution in [3.05, 3.63) is 35.9 Å². The van der Waals surface area contributed by atoms with E-state index in [0.717, 1.165) is 37.9 Å². The summed E-state index contributed by atoms with van der Waals surface area (Å²) in [7, 11) is 0. The second kappa shape index (κ2) is 8.04. The average Bonchev–Trinajstić information content (AvgIpc) is 2.92. The van der Waals surface area contributed by atoms with Crippen LogP contribution in [0.2, 0.25) is 0 Å². The summed E-state index contributed by atoms with van der Waals surface area (Å²) in [5.74, 6) is 0. The average molecular weight is 272 g/mol. The molecule has 0 aliphatic carbocycles. The lowest BCUT2D eigenvalue weighted by molar-refractivity contribution is 0.120. The van der Waals surface area contributed by atoms with E-state index in [1.807, 2.05) is 30.3 Å². The summed E-state index contributed by atoms with van der Waals surface area (Å²) in [5, 5.41) is 18.9. The monoisotopic (exact) mass is 272 g/mol. The molecule has 0 aromatic heterocycles. The number of aliphatic hydroxyl groups excluding tert-OH is 1. The molecule has 0 unspecified atom stereocenters. The van der Waals surface area contributed by atoms with Crippen molar-refractivity contribution >= 4 is 0 Å². The van der Waals surface area contributed by atoms with E-state index in [0.29, 0.717) is 12.5 Å². The van der Waals surface area contributed by atoms with Gasteiger partial charge < -0.3 is 10.0 Å². The molecule has 20 heavy (non-hydrogen) atoms. The van der Waals surface area contributed by atoms with Gasteiger partial charge >= 0.3 is 0 Å². The lowest BCUT2D eigenvalue weighted by Crippen LogP contribution is -2.31. The Hall–Kier alpha value is -1.37. The van der Waals surface area contributed by atoms with Gasteiger partial charge in [0.15, 0.2) is 0 Å². The summed E-state index contributed by atoms with van der Waals surface area (Å²) in [5.41, 5.74) is 1.02. The highest BCUT2D eigenvalue weighted by Crippen LogP contribution is 2.27. The summed E-state index contributed by atoms with van der Waals surface area (Å²) in [6.07, 6.45) is 5.60. The van der Waals surface area contributed by atoms with Gasteiger partial charge in [0.1, 0.15) is 0 Å². The number of nitrogens with zero attached hydrogens (tertiary/aromatic N) is 2. The molecule has 1 fully saturated rings. The van der Waals surface area contributed by atoms with Crippen LogP contribution in [0.15, 0.2) is 30.3 Å². The summed E-state index contributed by atoms with van der Waals surface area (Å²) in [6.45, 7) is 2.20. The number of hydrogen-bond acceptors (Lipinski definition) is 3. The molecule has 0 spiro atoms. The topological polar surface area (TPSA) is 47.3 Å². The molecule has 1 aromatic rings. The van der Waals surface area contributed by atoms with Crippen molar-refractivity contribution in [1.82, 2.24) is 4.90 Å². The van der Waals surface area contributed by atoms with E-state index in [1.54, 1.807) is 0 Å². The van der Waals surface area contributed by atoms with Crippen LogP contribution in [0, 0.1) is 11.3 Å². The lowest BCUT2D eigenvalue weighted by atomic mass is 10.0. The zero-order chi connectivity index (χ0) is 14.2. The Balaban J connectivity index is 1.80. The molecular weight excluding hydrogens is 248 g/mol. The van der Waals surface area contributed by atoms with Crippen LogP contribution in [0.3, 0.4) is 0 Å². The van der Waals surface area contributed by atoms with E-state index >= 15 is 0 Å². The fourth-order valence-corrected chi connectivity index (χ4v) is 3.04. The van der Waals surface area contributed by atoms with Gasteiger partial charge in [0.25, 0.3) is 0 Å². The normalized spacial score (nSPS) is 20.7. The van der Waals surface area contributed by atoms with E-state index in [1.165, 1.54) is 12.8 Å². The maximum atomic E-state index is 10.3. The first-order valence-electron chi connectivity index (χ1n) is 7.65. The molecule has 0 bridgehead atoms. The third kappa shape index (κ3) is 4.33. The SMILES string of the molecule is N#CCCCCN1CCC[C@@H]1C[C@H](O)c1ccccc1. The van der Waals surface area contributed by atoms with Crippen molar-refractivity contribution in [3.63, 3.8) is 0 Å². The Morgan fingerprint density at radius 2 is 2.10 bits per heavy atom. The summed E-state index contributed by atoms with van der Waals surface area (Å²) in [6, 6.07) is 12.6. The molecule has 108 valence electrons. The molecule has 2 atom stereocenters. The number of nitriles is 1. The highest BCUT2D eigenvalue weighted by Gasteiger charge is 2.26. The molecule has 0 radical (unpaired) electrons. The van der Waals surface area contributed by atoms with Crippen molar-refractivity contribution in [2.75, 3.05) is 13.1 Å². The van der Waals surface area contributed by atoms with Crippen LogP contribution in [0.4, 0.5) is 0 Å². The maximum absolute atomic E-state index is 10.3. The van der Waals surface area contributed by atoms with Crippen LogP contribution < -0.4 is 0 Å². The summed E-state index contributed by atoms with van der Waals surface area (Å²) in [4.78, 5) is 2.49. The second-order valence-electron chi connectivity index (χ2n) is 5.61. The predicted octanol–water partition coefficient (Wildman–Crippen LogP) is 3.27. The minimum absolute atomic E-state index is 0.360. The lowest BCUT2D eigenvalue weighted by Gasteiger charge is -2.26. The van der Waals surface area contributed by atoms with Crippen LogP contribution in [0.5, 0.6) is 0 Å². The van der Waals surface area contributed by atoms with Crippen LogP contribution in [0.25, 0.3) is 0 Å². The highest BCUT2D eigenvalue weighted by molar-refractivity contribution is 5.17. The molecule has 0 amide bonds. The largest absolute Gasteiger partial charge is 0.388 e. The van der Waals surface area contributed by atoms with Gasteiger partial charge in [-0.15, -0.1) is 0 Å². The van der Waals surface area contributed by atoms with Crippen LogP contribution in [0.1, 0.15) is 50.2 Å². The number of benzene rings is 1. The van der Waals surface area contributed by atoms with Crippen LogP contribution >= 0.6 is 0 Å². The summed E-state index contributed by atoms with van der Waals surface area (Å²) < 4.78 is 0. The van der Waals surface area contributed by atoms with E-state index in [9.17, 15) is 5.11 Å². The Labute approximate surface area is 121 Å². The molecule has 1 saturated heterocycles. The van der Waals surface area contributed by atoms with Gasteiger partial charge in [-0.3, -0.25) is 0 Å². The number of unbranched alkanes of at least 4 members (excludes halogenated alkanes) is 2. The Morgan fingerprint density at radius 1 is 1.30 bits per heavy atom. The van der Waals surface area contributed by atoms with Crippen molar-refractivity contribution in [2.24, 2.45) is 0 Å². The minimum atomic E-state index is -0.360. The first-order valence-corrected chi connectivity index (χ1v) is 7.65. The van der Waals surface area contributed by atoms with Crippen molar-refractivity contribution in [2.45, 2.75) is 50.7 Å². The molecule has 2 rings (SSSR count). The molecule has 3 heteroatoms. The molecule has 1 aliphatic rings. The van der Waals surface area contributed by atoms with Gasteiger partial charge in [0, 0.05) is 12.5 Å². The van der Waals surface area contributed by atoms with E-state index in [-0.39, 0.29) is 6.10 Å². The summed E-state index contributed by atoms with van der Waals surface area (Å²) >= 11 is 0. The molecule has 3 nitrogen and oxygen atoms in total. The molecular formula is C17H24N2O. The highest BCUT2D eigenvalue weighted by atomic mass is 16.3. The number of aliphatic hydroxyl groups is 1. The van der Waals surface area contributed by atoms with Gasteiger partial charge in [-0.2, -0.15) is 5.26 Å². The van der Waals surface area contributed by atoms with Crippen molar-refractivity contribution in [1.29, 1.82) is 5.26 Å². The fourth-order valence-electron chi connectivity index (χ4n) is 3.04. The van der Waals surface area contributed by atoms with Crippen LogP contribution in [-0.2, 0) is 0 Å². The Kier molecular flexibility index (Phi) is 6.04. The van der Waals surface area contributed by atoms with Gasteiger partial charge in [0.05, 0.1) is 12.2 Å². The zero-order valence-corrected chi connectivity index (χ0v) is 12.0. The first kappa shape index (κ1) is 15.0. The van der Waals surface area contributed by atoms with E-state index in [4.69, 9.17) is 5.26 Å². The number of rotatable bonds is 7. The minimum Gasteiger partial charge on any atom is -0.388 e. The zero-order valence-electron chi connectivity index (χ0n) is 12.0. The predicted molar refractivity (Wildman–Crippen MR) is 80.1 cm³/mol. The first-order chi connectivity index (χ1) is 9.81. The quantitative estimate of drug-likeness (QED) is 0.775. The molecule has 1 aliphatic heterocycles. The Morgan fingerprint density at radius 3 is 2.85 bits per heavy atom. The standard InChI is InChI=1S/C17H24N2O/c18-11-5-2-6-12-19-13-7-10-16(19)14-17(20)15-8-3-1-4-9-15/h1,3-4,8-9,16-17,20H,2,5-7,10,12-14H2/t16-,17+/m1/s1. The Bertz CT molecular complexity index is 426. The van der Waals surface area contributed by atoms with E-state index in [2.05, 4.69) is 11.0 Å². The van der Waals surface area contributed by atoms with Crippen molar-refractivity contribution < 1.29 is 5.11 Å². The van der Waals surface area contributed by atoms with Crippen molar-refractivity contribution in [3.8, 4) is 6.07 Å². The number of hydrogen-bond donors (Lipinski definition) is 1. The second-order valence-corrected chi connectivity index (χ2v) is 5.61. The van der Waals surface area contributed by atoms with Gasteiger partial charge in [-0.05, 0) is 50.8 Å². The third-order valence-electron chi connectivity index (χ3n) is 4.16. The van der Waals surface area contributed by atoms with E-state index < -0.39 is 0 Å². The molecule has 1 aromatic carbocycles. The fraction of sp³-hybridized carbons (Fsp3) is 0.588. The molecule has 0 saturated carbocycles. The maximum Gasteiger partial charge on any atom is 0.0805 e. The number of likely N-dealkylation sites (tertiary alicyclic amines) is 1. The smallest absolute Gasteiger partial charge is 0.0805 e. The molecule has 1 heterocycles. The van der Waals surface area contributed by atoms with Crippen LogP contribution in [-0.4, -0.2) is 29.1 Å². The van der Waals surface area contributed by atoms with Gasteiger partial charge in [-0.25, -0.2) is 0 Å². The van der Waals surface area contributed by atoms with Gasteiger partial charge in [0.2, 0.25) is 0 Å².